The largest absolute Gasteiger partial charge is 0.495 e. The first-order valence-electron chi connectivity index (χ1n) is 11.5. The van der Waals surface area contributed by atoms with Crippen molar-refractivity contribution in [2.45, 2.75) is 25.9 Å². The monoisotopic (exact) mass is 476 g/mol. The van der Waals surface area contributed by atoms with Crippen LogP contribution in [-0.4, -0.2) is 42.9 Å². The number of amides is 2. The molecule has 0 radical (unpaired) electrons. The summed E-state index contributed by atoms with van der Waals surface area (Å²) >= 11 is 0. The number of aryl methyl sites for hydroxylation is 1. The third-order valence-electron chi connectivity index (χ3n) is 6.03. The van der Waals surface area contributed by atoms with Gasteiger partial charge in [0.1, 0.15) is 5.75 Å². The minimum absolute atomic E-state index is 0.199. The molecule has 2 heterocycles. The molecule has 1 saturated heterocycles. The standard InChI is InChI=1S/C27H28N2O6/c1-18-10-11-22(33-2)21(17-18)28-25(30)24(19-7-4-3-5-8-19)35-27(32)20-12-14-29(15-13-20)26(31)23-9-6-16-34-23/h3-11,16-17,20,24H,12-15H2,1-2H3,(H,28,30). The smallest absolute Gasteiger partial charge is 0.310 e. The Morgan fingerprint density at radius 1 is 1.03 bits per heavy atom. The number of likely N-dealkylation sites (tertiary alicyclic amines) is 1. The van der Waals surface area contributed by atoms with Crippen LogP contribution in [0.4, 0.5) is 5.69 Å². The molecule has 1 fully saturated rings. The number of carbonyl (C=O) groups excluding carboxylic acids is 3. The van der Waals surface area contributed by atoms with E-state index < -0.39 is 23.9 Å². The molecule has 1 N–H and O–H groups in total. The van der Waals surface area contributed by atoms with Crippen LogP contribution in [-0.2, 0) is 14.3 Å². The molecule has 8 nitrogen and oxygen atoms in total. The van der Waals surface area contributed by atoms with Crippen molar-refractivity contribution in [3.8, 4) is 5.75 Å². The maximum atomic E-state index is 13.3. The Labute approximate surface area is 203 Å². The van der Waals surface area contributed by atoms with Gasteiger partial charge in [-0.15, -0.1) is 0 Å². The number of methoxy groups -OCH3 is 1. The summed E-state index contributed by atoms with van der Waals surface area (Å²) in [6.45, 7) is 2.72. The summed E-state index contributed by atoms with van der Waals surface area (Å²) in [5.41, 5.74) is 2.01. The van der Waals surface area contributed by atoms with Crippen LogP contribution in [0, 0.1) is 12.8 Å². The summed E-state index contributed by atoms with van der Waals surface area (Å²) in [6, 6.07) is 17.6. The molecule has 182 valence electrons. The molecule has 1 unspecified atom stereocenters. The molecule has 0 bridgehead atoms. The molecule has 0 spiro atoms. The lowest BCUT2D eigenvalue weighted by molar-refractivity contribution is -0.160. The van der Waals surface area contributed by atoms with Crippen LogP contribution in [0.1, 0.15) is 40.6 Å². The first-order chi connectivity index (χ1) is 17.0. The van der Waals surface area contributed by atoms with E-state index in [0.717, 1.165) is 5.56 Å². The molecule has 1 aromatic heterocycles. The second-order valence-electron chi connectivity index (χ2n) is 8.46. The number of carbonyl (C=O) groups is 3. The van der Waals surface area contributed by atoms with Crippen LogP contribution in [0.2, 0.25) is 0 Å². The molecule has 35 heavy (non-hydrogen) atoms. The van der Waals surface area contributed by atoms with Gasteiger partial charge >= 0.3 is 5.97 Å². The number of nitrogens with zero attached hydrogens (tertiary/aromatic N) is 1. The van der Waals surface area contributed by atoms with Crippen molar-refractivity contribution >= 4 is 23.5 Å². The van der Waals surface area contributed by atoms with Gasteiger partial charge in [-0.25, -0.2) is 0 Å². The van der Waals surface area contributed by atoms with E-state index in [4.69, 9.17) is 13.9 Å². The molecule has 2 aromatic carbocycles. The molecule has 8 heteroatoms. The first-order valence-corrected chi connectivity index (χ1v) is 11.5. The van der Waals surface area contributed by atoms with Crippen LogP contribution in [0.25, 0.3) is 0 Å². The number of nitrogens with one attached hydrogen (secondary N) is 1. The van der Waals surface area contributed by atoms with Gasteiger partial charge in [0.15, 0.2) is 5.76 Å². The summed E-state index contributed by atoms with van der Waals surface area (Å²) in [5, 5.41) is 2.84. The SMILES string of the molecule is COc1ccc(C)cc1NC(=O)C(OC(=O)C1CCN(C(=O)c2ccco2)CC1)c1ccccc1. The summed E-state index contributed by atoms with van der Waals surface area (Å²) in [7, 11) is 1.53. The maximum absolute atomic E-state index is 13.3. The van der Waals surface area contributed by atoms with Crippen molar-refractivity contribution in [1.82, 2.24) is 4.90 Å². The molecular weight excluding hydrogens is 448 g/mol. The van der Waals surface area contributed by atoms with Gasteiger partial charge in [-0.3, -0.25) is 14.4 Å². The zero-order chi connectivity index (χ0) is 24.8. The highest BCUT2D eigenvalue weighted by molar-refractivity contribution is 5.97. The average molecular weight is 477 g/mol. The molecule has 0 saturated carbocycles. The fourth-order valence-electron chi connectivity index (χ4n) is 4.11. The van der Waals surface area contributed by atoms with Gasteiger partial charge < -0.3 is 24.1 Å². The van der Waals surface area contributed by atoms with Crippen molar-refractivity contribution in [2.75, 3.05) is 25.5 Å². The summed E-state index contributed by atoms with van der Waals surface area (Å²) in [6.07, 6.45) is 1.22. The van der Waals surface area contributed by atoms with Crippen LogP contribution >= 0.6 is 0 Å². The van der Waals surface area contributed by atoms with Crippen molar-refractivity contribution in [3.05, 3.63) is 83.8 Å². The number of rotatable bonds is 7. The predicted octanol–water partition coefficient (Wildman–Crippen LogP) is 4.37. The Balaban J connectivity index is 1.44. The van der Waals surface area contributed by atoms with Crippen LogP contribution in [0.3, 0.4) is 0 Å². The van der Waals surface area contributed by atoms with E-state index in [1.54, 1.807) is 53.4 Å². The van der Waals surface area contributed by atoms with Gasteiger partial charge in [-0.05, 0) is 49.6 Å². The van der Waals surface area contributed by atoms with Crippen LogP contribution < -0.4 is 10.1 Å². The van der Waals surface area contributed by atoms with E-state index in [-0.39, 0.29) is 11.7 Å². The van der Waals surface area contributed by atoms with Crippen molar-refractivity contribution in [1.29, 1.82) is 0 Å². The minimum Gasteiger partial charge on any atom is -0.495 e. The molecule has 4 rings (SSSR count). The number of hydrogen-bond acceptors (Lipinski definition) is 6. The Bertz CT molecular complexity index is 1170. The topological polar surface area (TPSA) is 98.1 Å². The number of hydrogen-bond donors (Lipinski definition) is 1. The Morgan fingerprint density at radius 3 is 2.43 bits per heavy atom. The van der Waals surface area contributed by atoms with Crippen molar-refractivity contribution < 1.29 is 28.3 Å². The fraction of sp³-hybridized carbons (Fsp3) is 0.296. The Morgan fingerprint density at radius 2 is 1.77 bits per heavy atom. The van der Waals surface area contributed by atoms with Crippen LogP contribution in [0.5, 0.6) is 5.75 Å². The molecule has 1 atom stereocenters. The summed E-state index contributed by atoms with van der Waals surface area (Å²) < 4.78 is 16.3. The molecule has 3 aromatic rings. The van der Waals surface area contributed by atoms with E-state index in [1.807, 2.05) is 19.1 Å². The van der Waals surface area contributed by atoms with E-state index >= 15 is 0 Å². The van der Waals surface area contributed by atoms with E-state index in [0.29, 0.717) is 42.9 Å². The molecule has 1 aliphatic heterocycles. The second kappa shape index (κ2) is 10.9. The highest BCUT2D eigenvalue weighted by Gasteiger charge is 2.33. The first kappa shape index (κ1) is 24.1. The normalized spacial score (nSPS) is 14.7. The number of esters is 1. The lowest BCUT2D eigenvalue weighted by atomic mass is 9.96. The lowest BCUT2D eigenvalue weighted by Gasteiger charge is -2.31. The lowest BCUT2D eigenvalue weighted by Crippen LogP contribution is -2.41. The highest BCUT2D eigenvalue weighted by Crippen LogP contribution is 2.29. The number of benzene rings is 2. The van der Waals surface area contributed by atoms with Gasteiger partial charge in [0.25, 0.3) is 11.8 Å². The van der Waals surface area contributed by atoms with Gasteiger partial charge in [-0.1, -0.05) is 36.4 Å². The quantitative estimate of drug-likeness (QED) is 0.509. The number of anilines is 1. The van der Waals surface area contributed by atoms with E-state index in [1.165, 1.54) is 13.4 Å². The average Bonchev–Trinajstić information content (AvgIpc) is 3.42. The number of furan rings is 1. The highest BCUT2D eigenvalue weighted by atomic mass is 16.5. The molecule has 1 aliphatic rings. The maximum Gasteiger partial charge on any atom is 0.310 e. The van der Waals surface area contributed by atoms with Gasteiger partial charge in [0.05, 0.1) is 25.0 Å². The van der Waals surface area contributed by atoms with Crippen molar-refractivity contribution in [3.63, 3.8) is 0 Å². The fourth-order valence-corrected chi connectivity index (χ4v) is 4.11. The van der Waals surface area contributed by atoms with E-state index in [2.05, 4.69) is 5.32 Å². The zero-order valence-corrected chi connectivity index (χ0v) is 19.7. The predicted molar refractivity (Wildman–Crippen MR) is 129 cm³/mol. The third-order valence-corrected chi connectivity index (χ3v) is 6.03. The van der Waals surface area contributed by atoms with Gasteiger partial charge in [0.2, 0.25) is 6.10 Å². The van der Waals surface area contributed by atoms with Crippen molar-refractivity contribution in [2.24, 2.45) is 5.92 Å². The number of piperidine rings is 1. The Kier molecular flexibility index (Phi) is 7.50. The van der Waals surface area contributed by atoms with Gasteiger partial charge in [0, 0.05) is 18.7 Å². The van der Waals surface area contributed by atoms with E-state index in [9.17, 15) is 14.4 Å². The second-order valence-corrected chi connectivity index (χ2v) is 8.46. The number of ether oxygens (including phenoxy) is 2. The van der Waals surface area contributed by atoms with Crippen LogP contribution in [0.15, 0.2) is 71.3 Å². The third kappa shape index (κ3) is 5.71. The Hall–Kier alpha value is -4.07. The summed E-state index contributed by atoms with van der Waals surface area (Å²) in [5.74, 6) is -0.762. The summed E-state index contributed by atoms with van der Waals surface area (Å²) in [4.78, 5) is 40.5. The molecule has 0 aliphatic carbocycles. The zero-order valence-electron chi connectivity index (χ0n) is 19.7. The van der Waals surface area contributed by atoms with Gasteiger partial charge in [-0.2, -0.15) is 0 Å². The molecular formula is C27H28N2O6. The molecule has 2 amide bonds. The minimum atomic E-state index is -1.13.